The summed E-state index contributed by atoms with van der Waals surface area (Å²) in [6.45, 7) is 0. The zero-order valence-corrected chi connectivity index (χ0v) is 17.4. The van der Waals surface area contributed by atoms with Crippen molar-refractivity contribution in [2.75, 3.05) is 0 Å². The van der Waals surface area contributed by atoms with Gasteiger partial charge in [-0.1, -0.05) is 12.1 Å². The molecule has 0 bridgehead atoms. The number of hydrogen-bond donors (Lipinski definition) is 0. The summed E-state index contributed by atoms with van der Waals surface area (Å²) in [5, 5.41) is 0. The first-order valence-electron chi connectivity index (χ1n) is 9.80. The van der Waals surface area contributed by atoms with Gasteiger partial charge in [0, 0.05) is 18.2 Å². The summed E-state index contributed by atoms with van der Waals surface area (Å²) in [5.74, 6) is -9.21. The maximum Gasteiger partial charge on any atom is 0.432 e. The summed E-state index contributed by atoms with van der Waals surface area (Å²) in [5.41, 5.74) is -1.27. The van der Waals surface area contributed by atoms with E-state index in [2.05, 4.69) is 4.74 Å². The Morgan fingerprint density at radius 2 is 1.40 bits per heavy atom. The summed E-state index contributed by atoms with van der Waals surface area (Å²) in [7, 11) is 0. The monoisotopic (exact) mass is 502 g/mol. The van der Waals surface area contributed by atoms with Crippen molar-refractivity contribution in [3.8, 4) is 11.5 Å². The smallest absolute Gasteiger partial charge is 0.429 e. The van der Waals surface area contributed by atoms with Crippen LogP contribution in [-0.4, -0.2) is 5.97 Å². The van der Waals surface area contributed by atoms with E-state index < -0.39 is 58.5 Å². The van der Waals surface area contributed by atoms with E-state index in [1.54, 1.807) is 0 Å². The van der Waals surface area contributed by atoms with Gasteiger partial charge < -0.3 is 9.47 Å². The molecule has 0 atom stereocenters. The van der Waals surface area contributed by atoms with Gasteiger partial charge in [0.25, 0.3) is 6.08 Å². The lowest BCUT2D eigenvalue weighted by Gasteiger charge is -2.20. The minimum absolute atomic E-state index is 0.0575. The average molecular weight is 502 g/mol. The van der Waals surface area contributed by atoms with Crippen molar-refractivity contribution >= 4 is 5.97 Å². The van der Waals surface area contributed by atoms with Gasteiger partial charge in [0.05, 0.1) is 5.56 Å². The number of aryl methyl sites for hydroxylation is 1. The number of hydrogen-bond acceptors (Lipinski definition) is 3. The molecule has 0 unspecified atom stereocenters. The van der Waals surface area contributed by atoms with Crippen LogP contribution in [0.1, 0.15) is 27.9 Å². The molecule has 11 heteroatoms. The summed E-state index contributed by atoms with van der Waals surface area (Å²) in [6, 6.07) is 7.55. The fraction of sp³-hybridized carbons (Fsp3) is 0.125. The minimum atomic E-state index is -4.63. The first-order valence-corrected chi connectivity index (χ1v) is 9.80. The third-order valence-electron chi connectivity index (χ3n) is 4.58. The molecular weight excluding hydrogens is 488 g/mol. The van der Waals surface area contributed by atoms with Gasteiger partial charge in [0.15, 0.2) is 11.6 Å². The molecule has 0 saturated carbocycles. The number of allylic oxidation sites excluding steroid dienone is 1. The first-order chi connectivity index (χ1) is 16.5. The van der Waals surface area contributed by atoms with Crippen molar-refractivity contribution in [1.82, 2.24) is 0 Å². The van der Waals surface area contributed by atoms with Gasteiger partial charge in [-0.3, -0.25) is 0 Å². The van der Waals surface area contributed by atoms with Crippen molar-refractivity contribution in [2.24, 2.45) is 0 Å². The van der Waals surface area contributed by atoms with Gasteiger partial charge in [-0.2, -0.15) is 17.6 Å². The van der Waals surface area contributed by atoms with Crippen molar-refractivity contribution < 1.29 is 49.4 Å². The Bertz CT molecular complexity index is 1230. The number of carbonyl (C=O) groups excluding carboxylic acids is 1. The lowest BCUT2D eigenvalue weighted by molar-refractivity contribution is -0.189. The molecule has 0 N–H and O–H groups in total. The van der Waals surface area contributed by atoms with Crippen LogP contribution in [0.2, 0.25) is 0 Å². The summed E-state index contributed by atoms with van der Waals surface area (Å²) in [6.07, 6.45) is -5.37. The highest BCUT2D eigenvalue weighted by Crippen LogP contribution is 2.37. The highest BCUT2D eigenvalue weighted by Gasteiger charge is 2.41. The lowest BCUT2D eigenvalue weighted by Crippen LogP contribution is -2.25. The second-order valence-electron chi connectivity index (χ2n) is 7.08. The normalized spacial score (nSPS) is 11.2. The fourth-order valence-corrected chi connectivity index (χ4v) is 2.95. The molecule has 3 nitrogen and oxygen atoms in total. The zero-order valence-electron chi connectivity index (χ0n) is 17.4. The maximum atomic E-state index is 14.4. The van der Waals surface area contributed by atoms with E-state index in [1.165, 1.54) is 24.3 Å². The predicted octanol–water partition coefficient (Wildman–Crippen LogP) is 7.30. The second-order valence-corrected chi connectivity index (χ2v) is 7.08. The number of rotatable bonds is 8. The summed E-state index contributed by atoms with van der Waals surface area (Å²) >= 11 is 0. The molecule has 0 spiro atoms. The Morgan fingerprint density at radius 3 is 1.97 bits per heavy atom. The molecule has 0 amide bonds. The average Bonchev–Trinajstić information content (AvgIpc) is 2.75. The fourth-order valence-electron chi connectivity index (χ4n) is 2.95. The van der Waals surface area contributed by atoms with E-state index in [9.17, 15) is 39.9 Å². The molecule has 0 heterocycles. The van der Waals surface area contributed by atoms with E-state index in [-0.39, 0.29) is 24.5 Å². The van der Waals surface area contributed by atoms with Crippen LogP contribution >= 0.6 is 0 Å². The molecular formula is C24H14F8O3. The van der Waals surface area contributed by atoms with Gasteiger partial charge in [-0.15, -0.1) is 0 Å². The van der Waals surface area contributed by atoms with Crippen molar-refractivity contribution in [2.45, 2.75) is 19.0 Å². The molecule has 3 rings (SSSR count). The minimum Gasteiger partial charge on any atom is -0.429 e. The van der Waals surface area contributed by atoms with Crippen LogP contribution in [0.3, 0.4) is 0 Å². The van der Waals surface area contributed by atoms with Crippen molar-refractivity contribution in [3.63, 3.8) is 0 Å². The lowest BCUT2D eigenvalue weighted by atomic mass is 10.1. The number of esters is 1. The number of alkyl halides is 2. The van der Waals surface area contributed by atoms with E-state index >= 15 is 0 Å². The van der Waals surface area contributed by atoms with Gasteiger partial charge in [-0.05, 0) is 48.7 Å². The third-order valence-corrected chi connectivity index (χ3v) is 4.58. The van der Waals surface area contributed by atoms with Crippen molar-refractivity contribution in [3.05, 3.63) is 107 Å². The topological polar surface area (TPSA) is 35.5 Å². The number of halogens is 8. The Balaban J connectivity index is 1.73. The van der Waals surface area contributed by atoms with Crippen LogP contribution < -0.4 is 9.47 Å². The first kappa shape index (κ1) is 25.7. The SMILES string of the molecule is O=C(Oc1cc(F)c(C(F)(F)Oc2ccc(F)c(F)c2)c(F)c1)c1ccc(CCC=C(F)F)cc1. The summed E-state index contributed by atoms with van der Waals surface area (Å²) in [4.78, 5) is 12.2. The van der Waals surface area contributed by atoms with E-state index in [4.69, 9.17) is 4.74 Å². The Hall–Kier alpha value is -3.89. The molecule has 0 fully saturated rings. The van der Waals surface area contributed by atoms with Crippen LogP contribution in [0.5, 0.6) is 11.5 Å². The highest BCUT2D eigenvalue weighted by molar-refractivity contribution is 5.91. The molecule has 0 aliphatic rings. The quantitative estimate of drug-likeness (QED) is 0.184. The third kappa shape index (κ3) is 6.58. The number of benzene rings is 3. The van der Waals surface area contributed by atoms with Gasteiger partial charge in [-0.25, -0.2) is 22.4 Å². The molecule has 0 aliphatic carbocycles. The van der Waals surface area contributed by atoms with Crippen molar-refractivity contribution in [1.29, 1.82) is 0 Å². The Morgan fingerprint density at radius 1 is 0.800 bits per heavy atom. The standard InChI is InChI=1S/C24H14F8O3/c25-17-9-8-15(10-18(17)26)35-24(31,32)22-19(27)11-16(12-20(22)28)34-23(33)14-6-4-13(5-7-14)2-1-3-21(29)30/h3-12H,1-2H2. The molecule has 0 aromatic heterocycles. The molecule has 35 heavy (non-hydrogen) atoms. The van der Waals surface area contributed by atoms with Gasteiger partial charge >= 0.3 is 12.1 Å². The van der Waals surface area contributed by atoms with Crippen LogP contribution in [-0.2, 0) is 12.5 Å². The largest absolute Gasteiger partial charge is 0.432 e. The number of ether oxygens (including phenoxy) is 2. The van der Waals surface area contributed by atoms with E-state index in [0.717, 1.165) is 6.08 Å². The van der Waals surface area contributed by atoms with Crippen LogP contribution in [0, 0.1) is 23.3 Å². The molecule has 0 aliphatic heterocycles. The van der Waals surface area contributed by atoms with Crippen LogP contribution in [0.25, 0.3) is 0 Å². The predicted molar refractivity (Wildman–Crippen MR) is 107 cm³/mol. The van der Waals surface area contributed by atoms with Gasteiger partial charge in [0.2, 0.25) is 0 Å². The highest BCUT2D eigenvalue weighted by atomic mass is 19.3. The molecule has 0 saturated heterocycles. The molecule has 0 radical (unpaired) electrons. The van der Waals surface area contributed by atoms with Crippen LogP contribution in [0.4, 0.5) is 35.1 Å². The molecule has 3 aromatic carbocycles. The molecule has 3 aromatic rings. The zero-order chi connectivity index (χ0) is 25.8. The number of carbonyl (C=O) groups is 1. The van der Waals surface area contributed by atoms with E-state index in [0.29, 0.717) is 29.8 Å². The Kier molecular flexibility index (Phi) is 7.78. The van der Waals surface area contributed by atoms with Gasteiger partial charge in [0.1, 0.15) is 28.7 Å². The maximum absolute atomic E-state index is 14.4. The Labute approximate surface area is 193 Å². The summed E-state index contributed by atoms with van der Waals surface area (Å²) < 4.78 is 117. The van der Waals surface area contributed by atoms with E-state index in [1.807, 2.05) is 0 Å². The second kappa shape index (κ2) is 10.6. The van der Waals surface area contributed by atoms with Crippen LogP contribution in [0.15, 0.2) is 66.8 Å². The molecule has 184 valence electrons.